The van der Waals surface area contributed by atoms with E-state index < -0.39 is 10.0 Å². The van der Waals surface area contributed by atoms with Crippen molar-refractivity contribution in [2.45, 2.75) is 83.3 Å². The van der Waals surface area contributed by atoms with Crippen molar-refractivity contribution >= 4 is 15.9 Å². The summed E-state index contributed by atoms with van der Waals surface area (Å²) in [4.78, 5) is 13.1. The fraction of sp³-hybridized carbons (Fsp3) is 0.696. The Morgan fingerprint density at radius 2 is 1.93 bits per heavy atom. The van der Waals surface area contributed by atoms with Crippen LogP contribution in [0.15, 0.2) is 17.0 Å². The highest BCUT2D eigenvalue weighted by Crippen LogP contribution is 2.28. The first-order valence-corrected chi connectivity index (χ1v) is 12.7. The number of nitrogens with zero attached hydrogens (tertiary/aromatic N) is 1. The monoisotopic (exact) mass is 436 g/mol. The van der Waals surface area contributed by atoms with Gasteiger partial charge in [-0.1, -0.05) is 6.92 Å². The van der Waals surface area contributed by atoms with Crippen molar-refractivity contribution in [3.8, 4) is 0 Å². The topological polar surface area (TPSA) is 75.7 Å². The molecular weight excluding hydrogens is 400 g/mol. The normalized spacial score (nSPS) is 22.2. The van der Waals surface area contributed by atoms with Gasteiger partial charge in [0.15, 0.2) is 0 Å². The molecule has 2 heterocycles. The third kappa shape index (κ3) is 5.42. The summed E-state index contributed by atoms with van der Waals surface area (Å²) in [6, 6.07) is 3.35. The Morgan fingerprint density at radius 1 is 1.23 bits per heavy atom. The average molecular weight is 437 g/mol. The molecule has 2 aliphatic rings. The smallest absolute Gasteiger partial charge is 0.251 e. The Bertz CT molecular complexity index is 854. The molecule has 168 valence electrons. The lowest BCUT2D eigenvalue weighted by molar-refractivity contribution is 0.0899. The SMILES string of the molecule is Cc1cc(C(=O)NC(C)CCC2CCCO2)cc(S(=O)(=O)N2CCC(C)CC2)c1C. The summed E-state index contributed by atoms with van der Waals surface area (Å²) >= 11 is 0. The second-order valence-electron chi connectivity index (χ2n) is 9.09. The van der Waals surface area contributed by atoms with Gasteiger partial charge in [-0.2, -0.15) is 4.31 Å². The third-order valence-electron chi connectivity index (χ3n) is 6.57. The van der Waals surface area contributed by atoms with Crippen LogP contribution in [-0.2, 0) is 14.8 Å². The molecule has 2 fully saturated rings. The van der Waals surface area contributed by atoms with Crippen molar-refractivity contribution in [1.29, 1.82) is 0 Å². The number of sulfonamides is 1. The molecule has 1 N–H and O–H groups in total. The lowest BCUT2D eigenvalue weighted by Gasteiger charge is -2.30. The second kappa shape index (κ2) is 9.79. The first kappa shape index (κ1) is 23.2. The van der Waals surface area contributed by atoms with E-state index in [4.69, 9.17) is 4.74 Å². The zero-order valence-corrected chi connectivity index (χ0v) is 19.6. The molecule has 0 aromatic heterocycles. The number of carbonyl (C=O) groups excluding carboxylic acids is 1. The highest BCUT2D eigenvalue weighted by molar-refractivity contribution is 7.89. The molecule has 3 rings (SSSR count). The zero-order valence-electron chi connectivity index (χ0n) is 18.7. The van der Waals surface area contributed by atoms with Gasteiger partial charge in [0.2, 0.25) is 10.0 Å². The van der Waals surface area contributed by atoms with Crippen LogP contribution in [-0.4, -0.2) is 50.5 Å². The van der Waals surface area contributed by atoms with Crippen molar-refractivity contribution in [3.05, 3.63) is 28.8 Å². The molecule has 0 radical (unpaired) electrons. The molecule has 0 spiro atoms. The molecule has 30 heavy (non-hydrogen) atoms. The predicted molar refractivity (Wildman–Crippen MR) is 118 cm³/mol. The van der Waals surface area contributed by atoms with E-state index in [0.29, 0.717) is 30.7 Å². The van der Waals surface area contributed by atoms with Crippen molar-refractivity contribution < 1.29 is 17.9 Å². The largest absolute Gasteiger partial charge is 0.378 e. The number of amides is 1. The Labute approximate surface area is 181 Å². The minimum Gasteiger partial charge on any atom is -0.378 e. The van der Waals surface area contributed by atoms with Gasteiger partial charge in [0.1, 0.15) is 0 Å². The van der Waals surface area contributed by atoms with Gasteiger partial charge in [-0.25, -0.2) is 8.42 Å². The summed E-state index contributed by atoms with van der Waals surface area (Å²) in [6.07, 6.45) is 6.03. The lowest BCUT2D eigenvalue weighted by atomic mass is 10.0. The van der Waals surface area contributed by atoms with Crippen molar-refractivity contribution in [1.82, 2.24) is 9.62 Å². The van der Waals surface area contributed by atoms with E-state index in [2.05, 4.69) is 12.2 Å². The van der Waals surface area contributed by atoms with E-state index in [1.54, 1.807) is 16.4 Å². The van der Waals surface area contributed by atoms with Crippen molar-refractivity contribution in [3.63, 3.8) is 0 Å². The van der Waals surface area contributed by atoms with E-state index in [1.165, 1.54) is 0 Å². The predicted octanol–water partition coefficient (Wildman–Crippen LogP) is 3.80. The summed E-state index contributed by atoms with van der Waals surface area (Å²) in [5.74, 6) is 0.328. The van der Waals surface area contributed by atoms with E-state index in [9.17, 15) is 13.2 Å². The fourth-order valence-corrected chi connectivity index (χ4v) is 6.07. The van der Waals surface area contributed by atoms with Crippen molar-refractivity contribution in [2.24, 2.45) is 5.92 Å². The molecule has 1 aromatic carbocycles. The summed E-state index contributed by atoms with van der Waals surface area (Å²) < 4.78 is 33.8. The number of nitrogens with one attached hydrogen (secondary N) is 1. The molecule has 2 unspecified atom stereocenters. The molecule has 0 aliphatic carbocycles. The standard InChI is InChI=1S/C23H36N2O4S/c1-16-9-11-25(12-10-16)30(27,28)22-15-20(14-17(2)19(22)4)23(26)24-18(3)7-8-21-6-5-13-29-21/h14-16,18,21H,5-13H2,1-4H3,(H,24,26). The third-order valence-corrected chi connectivity index (χ3v) is 8.59. The Morgan fingerprint density at radius 3 is 2.57 bits per heavy atom. The maximum atomic E-state index is 13.3. The van der Waals surface area contributed by atoms with Gasteiger partial charge in [-0.05, 0) is 88.5 Å². The van der Waals surface area contributed by atoms with Crippen LogP contribution < -0.4 is 5.32 Å². The van der Waals surface area contributed by atoms with Crippen LogP contribution in [0.4, 0.5) is 0 Å². The first-order valence-electron chi connectivity index (χ1n) is 11.2. The van der Waals surface area contributed by atoms with Crippen LogP contribution in [0.1, 0.15) is 73.9 Å². The zero-order chi connectivity index (χ0) is 21.9. The van der Waals surface area contributed by atoms with Crippen LogP contribution in [0.2, 0.25) is 0 Å². The van der Waals surface area contributed by atoms with Crippen LogP contribution in [0, 0.1) is 19.8 Å². The number of hydrogen-bond donors (Lipinski definition) is 1. The summed E-state index contributed by atoms with van der Waals surface area (Å²) in [5.41, 5.74) is 1.95. The maximum Gasteiger partial charge on any atom is 0.251 e. The van der Waals surface area contributed by atoms with Crippen LogP contribution in [0.3, 0.4) is 0 Å². The summed E-state index contributed by atoms with van der Waals surface area (Å²) in [7, 11) is -3.61. The Hall–Kier alpha value is -1.44. The van der Waals surface area contributed by atoms with Crippen LogP contribution >= 0.6 is 0 Å². The van der Waals surface area contributed by atoms with Gasteiger partial charge in [0.05, 0.1) is 11.0 Å². The molecule has 7 heteroatoms. The summed E-state index contributed by atoms with van der Waals surface area (Å²) in [6.45, 7) is 9.74. The Balaban J connectivity index is 1.72. The number of piperidine rings is 1. The summed E-state index contributed by atoms with van der Waals surface area (Å²) in [5, 5.41) is 3.03. The van der Waals surface area contributed by atoms with Gasteiger partial charge in [0.25, 0.3) is 5.91 Å². The first-order chi connectivity index (χ1) is 14.2. The minimum atomic E-state index is -3.61. The van der Waals surface area contributed by atoms with Gasteiger partial charge < -0.3 is 10.1 Å². The van der Waals surface area contributed by atoms with E-state index >= 15 is 0 Å². The van der Waals surface area contributed by atoms with Gasteiger partial charge in [0, 0.05) is 31.3 Å². The van der Waals surface area contributed by atoms with Gasteiger partial charge >= 0.3 is 0 Å². The minimum absolute atomic E-state index is 0.00643. The quantitative estimate of drug-likeness (QED) is 0.705. The van der Waals surface area contributed by atoms with E-state index in [1.807, 2.05) is 20.8 Å². The van der Waals surface area contributed by atoms with Crippen LogP contribution in [0.25, 0.3) is 0 Å². The highest BCUT2D eigenvalue weighted by Gasteiger charge is 2.30. The molecular formula is C23H36N2O4S. The number of ether oxygens (including phenoxy) is 1. The van der Waals surface area contributed by atoms with Gasteiger partial charge in [-0.3, -0.25) is 4.79 Å². The van der Waals surface area contributed by atoms with E-state index in [0.717, 1.165) is 56.3 Å². The van der Waals surface area contributed by atoms with E-state index in [-0.39, 0.29) is 16.8 Å². The fourth-order valence-electron chi connectivity index (χ4n) is 4.28. The molecule has 2 aliphatic heterocycles. The number of carbonyl (C=O) groups is 1. The van der Waals surface area contributed by atoms with Crippen molar-refractivity contribution in [2.75, 3.05) is 19.7 Å². The number of aryl methyl sites for hydroxylation is 1. The molecule has 0 saturated carbocycles. The van der Waals surface area contributed by atoms with Crippen LogP contribution in [0.5, 0.6) is 0 Å². The number of benzene rings is 1. The highest BCUT2D eigenvalue weighted by atomic mass is 32.2. The number of rotatable bonds is 7. The molecule has 1 amide bonds. The molecule has 0 bridgehead atoms. The number of hydrogen-bond acceptors (Lipinski definition) is 4. The lowest BCUT2D eigenvalue weighted by Crippen LogP contribution is -2.38. The molecule has 2 atom stereocenters. The Kier molecular flexibility index (Phi) is 7.58. The average Bonchev–Trinajstić information content (AvgIpc) is 3.22. The maximum absolute atomic E-state index is 13.3. The molecule has 2 saturated heterocycles. The molecule has 1 aromatic rings. The molecule has 6 nitrogen and oxygen atoms in total. The van der Waals surface area contributed by atoms with Gasteiger partial charge in [-0.15, -0.1) is 0 Å². The second-order valence-corrected chi connectivity index (χ2v) is 11.0.